The van der Waals surface area contributed by atoms with Gasteiger partial charge in [-0.05, 0) is 221 Å². The number of rotatable bonds is 13. The molecule has 0 amide bonds. The van der Waals surface area contributed by atoms with Gasteiger partial charge in [0, 0.05) is 71.5 Å². The molecule has 4 aromatic heterocycles. The molecule has 0 unspecified atom stereocenters. The van der Waals surface area contributed by atoms with Crippen molar-refractivity contribution in [2.45, 2.75) is 24.7 Å². The average Bonchev–Trinajstić information content (AvgIpc) is 1.50. The van der Waals surface area contributed by atoms with Gasteiger partial charge < -0.3 is 0 Å². The van der Waals surface area contributed by atoms with Crippen molar-refractivity contribution < 1.29 is 0 Å². The fourth-order valence-electron chi connectivity index (χ4n) is 22.4. The fourth-order valence-corrected chi connectivity index (χ4v) is 22.4. The summed E-state index contributed by atoms with van der Waals surface area (Å²) in [7, 11) is 0. The molecule has 4 heterocycles. The van der Waals surface area contributed by atoms with Crippen molar-refractivity contribution in [3.63, 3.8) is 0 Å². The van der Waals surface area contributed by atoms with Crippen LogP contribution < -0.4 is 0 Å². The monoisotopic (exact) mass is 1730 g/mol. The summed E-state index contributed by atoms with van der Waals surface area (Å²) in [6, 6.07) is 163. The maximum Gasteiger partial charge on any atom is 0.164 e. The van der Waals surface area contributed by atoms with E-state index in [2.05, 4.69) is 408 Å². The zero-order valence-electron chi connectivity index (χ0n) is 74.3. The van der Waals surface area contributed by atoms with E-state index in [1.54, 1.807) is 0 Å². The molecule has 8 heteroatoms. The van der Waals surface area contributed by atoms with Crippen LogP contribution in [-0.4, -0.2) is 39.9 Å². The predicted molar refractivity (Wildman–Crippen MR) is 558 cm³/mol. The molecule has 0 fully saturated rings. The van der Waals surface area contributed by atoms with Crippen molar-refractivity contribution in [3.05, 3.63) is 482 Å². The van der Waals surface area contributed by atoms with Crippen LogP contribution in [0.1, 0.15) is 47.2 Å². The topological polar surface area (TPSA) is 103 Å². The standard InChI is InChI=1S/C128H80N8/c1-127(2)111-56-21-16-41-99(111)103-64-61-81(74-115(103)127)85-68-87(91-48-27-52-95-93(91)50-29-54-109(95)119-107-46-14-12-39-97(107)105-45-20-25-60-117(105)129-119)73-90(70-85)126-135-123(79-35-10-5-11-36-79)132-124(136-126)84-38-26-37-80(67-84)83-63-66-106-98-40-13-15-47-108(98)120(130-118(106)76-83)110-55-30-51-94-92(49-28-53-96(94)110)88-69-86(71-89(72-88)125-133-121(77-31-6-3-7-32-77)131-122(134-125)78-33-8-4-9-34-78)82-62-65-104-102-44-19-24-59-114(102)128(116(104)75-82)112-57-22-17-42-100(112)101-43-18-23-58-113(101)128/h3-76H,1-2H3. The predicted octanol–water partition coefficient (Wildman–Crippen LogP) is 32.1. The molecule has 27 rings (SSSR count). The first kappa shape index (κ1) is 78.2. The summed E-state index contributed by atoms with van der Waals surface area (Å²) in [4.78, 5) is 43.9. The molecular weight excluding hydrogens is 1650 g/mol. The van der Waals surface area contributed by atoms with Crippen molar-refractivity contribution >= 4 is 64.9 Å². The van der Waals surface area contributed by atoms with Gasteiger partial charge in [-0.3, -0.25) is 0 Å². The molecule has 0 saturated heterocycles. The summed E-state index contributed by atoms with van der Waals surface area (Å²) in [5.41, 5.74) is 36.1. The third kappa shape index (κ3) is 12.5. The van der Waals surface area contributed by atoms with Crippen LogP contribution in [0.3, 0.4) is 0 Å². The van der Waals surface area contributed by atoms with Crippen molar-refractivity contribution in [3.8, 4) is 180 Å². The van der Waals surface area contributed by atoms with Gasteiger partial charge in [-0.1, -0.05) is 396 Å². The number of hydrogen-bond donors (Lipinski definition) is 0. The van der Waals surface area contributed by atoms with E-state index in [0.717, 1.165) is 171 Å². The second-order valence-corrected chi connectivity index (χ2v) is 36.6. The van der Waals surface area contributed by atoms with E-state index in [1.165, 1.54) is 72.1 Å². The normalized spacial score (nSPS) is 12.9. The lowest BCUT2D eigenvalue weighted by atomic mass is 9.70. The average molecular weight is 1730 g/mol. The Hall–Kier alpha value is -17.7. The minimum absolute atomic E-state index is 0.224. The lowest BCUT2D eigenvalue weighted by Gasteiger charge is -2.30. The van der Waals surface area contributed by atoms with Gasteiger partial charge in [-0.2, -0.15) is 0 Å². The highest BCUT2D eigenvalue weighted by Gasteiger charge is 2.52. The van der Waals surface area contributed by atoms with Crippen molar-refractivity contribution in [1.82, 2.24) is 39.9 Å². The third-order valence-electron chi connectivity index (χ3n) is 28.7. The van der Waals surface area contributed by atoms with E-state index < -0.39 is 5.41 Å². The smallest absolute Gasteiger partial charge is 0.164 e. The number of nitrogens with zero attached hydrogens (tertiary/aromatic N) is 8. The quantitative estimate of drug-likeness (QED) is 0.105. The Labute approximate surface area is 786 Å². The molecule has 632 valence electrons. The molecule has 8 nitrogen and oxygen atoms in total. The van der Waals surface area contributed by atoms with Gasteiger partial charge in [0.25, 0.3) is 0 Å². The Balaban J connectivity index is 0.593. The molecule has 0 radical (unpaired) electrons. The summed E-state index contributed by atoms with van der Waals surface area (Å²) < 4.78 is 0. The number of fused-ring (bicyclic) bond motifs is 21. The van der Waals surface area contributed by atoms with Crippen LogP contribution in [0.15, 0.2) is 449 Å². The second kappa shape index (κ2) is 31.0. The molecular formula is C128H80N8. The van der Waals surface area contributed by atoms with E-state index in [9.17, 15) is 0 Å². The molecule has 20 aromatic carbocycles. The molecule has 0 saturated carbocycles. The Bertz CT molecular complexity index is 9040. The SMILES string of the molecule is CC1(C)c2ccccc2-c2ccc(-c3cc(-c4nc(-c5ccccc5)nc(-c5cccc(-c6ccc7c(c6)nc(-c6cccc8c(-c9cc(-c%10ccc%11c(c%10)C%10(c%12ccccc%12-c%12ccccc%12%10)c%10ccccc%10-%11)cc(-c%10nc(-c%11ccccc%11)nc(-c%11ccccc%11)n%10)c9)cccc68)c6ccccc67)c5)n4)cc(-c4cccc5c(-c6nc7ccccc7c7ccccc67)cccc45)c3)cc21. The molecule has 3 aliphatic carbocycles. The largest absolute Gasteiger partial charge is 0.247 e. The number of hydrogen-bond acceptors (Lipinski definition) is 8. The maximum atomic E-state index is 5.85. The van der Waals surface area contributed by atoms with Gasteiger partial charge in [0.1, 0.15) is 0 Å². The summed E-state index contributed by atoms with van der Waals surface area (Å²) in [5, 5.41) is 11.0. The summed E-state index contributed by atoms with van der Waals surface area (Å²) >= 11 is 0. The highest BCUT2D eigenvalue weighted by Crippen LogP contribution is 2.64. The highest BCUT2D eigenvalue weighted by molar-refractivity contribution is 6.17. The molecule has 3 aliphatic rings. The van der Waals surface area contributed by atoms with Gasteiger partial charge >= 0.3 is 0 Å². The van der Waals surface area contributed by atoms with Gasteiger partial charge in [-0.25, -0.2) is 39.9 Å². The van der Waals surface area contributed by atoms with Crippen LogP contribution in [0.4, 0.5) is 0 Å². The van der Waals surface area contributed by atoms with Gasteiger partial charge in [0.05, 0.1) is 27.8 Å². The number of para-hydroxylation sites is 1. The Morgan fingerprint density at radius 2 is 0.426 bits per heavy atom. The van der Waals surface area contributed by atoms with Crippen molar-refractivity contribution in [2.24, 2.45) is 0 Å². The molecule has 0 aliphatic heterocycles. The van der Waals surface area contributed by atoms with E-state index in [1.807, 2.05) is 54.6 Å². The highest BCUT2D eigenvalue weighted by atomic mass is 15.0. The van der Waals surface area contributed by atoms with Crippen LogP contribution in [0.5, 0.6) is 0 Å². The lowest BCUT2D eigenvalue weighted by Crippen LogP contribution is -2.25. The fraction of sp³-hybridized carbons (Fsp3) is 0.0312. The molecule has 0 bridgehead atoms. The van der Waals surface area contributed by atoms with Crippen molar-refractivity contribution in [2.75, 3.05) is 0 Å². The van der Waals surface area contributed by atoms with Gasteiger partial charge in [0.2, 0.25) is 0 Å². The number of benzene rings is 20. The molecule has 0 atom stereocenters. The molecule has 1 spiro atoms. The first-order valence-electron chi connectivity index (χ1n) is 46.6. The Kier molecular flexibility index (Phi) is 17.8. The summed E-state index contributed by atoms with van der Waals surface area (Å²) in [5.74, 6) is 3.44. The van der Waals surface area contributed by atoms with Crippen LogP contribution >= 0.6 is 0 Å². The lowest BCUT2D eigenvalue weighted by molar-refractivity contribution is 0.660. The Morgan fingerprint density at radius 1 is 0.140 bits per heavy atom. The minimum Gasteiger partial charge on any atom is -0.247 e. The number of pyridine rings is 2. The minimum atomic E-state index is -0.544. The zero-order valence-corrected chi connectivity index (χ0v) is 74.3. The maximum absolute atomic E-state index is 5.85. The van der Waals surface area contributed by atoms with Gasteiger partial charge in [0.15, 0.2) is 34.9 Å². The van der Waals surface area contributed by atoms with E-state index in [-0.39, 0.29) is 5.41 Å². The van der Waals surface area contributed by atoms with Crippen LogP contribution in [0, 0.1) is 0 Å². The molecule has 136 heavy (non-hydrogen) atoms. The van der Waals surface area contributed by atoms with Crippen molar-refractivity contribution in [1.29, 1.82) is 0 Å². The Morgan fingerprint density at radius 3 is 0.919 bits per heavy atom. The van der Waals surface area contributed by atoms with Crippen LogP contribution in [0.2, 0.25) is 0 Å². The molecule has 24 aromatic rings. The first-order chi connectivity index (χ1) is 67.1. The van der Waals surface area contributed by atoms with E-state index in [4.69, 9.17) is 39.9 Å². The zero-order chi connectivity index (χ0) is 89.9. The summed E-state index contributed by atoms with van der Waals surface area (Å²) in [6.07, 6.45) is 0. The number of aromatic nitrogens is 8. The second-order valence-electron chi connectivity index (χ2n) is 36.6. The molecule has 0 N–H and O–H groups in total. The van der Waals surface area contributed by atoms with Crippen LogP contribution in [0.25, 0.3) is 245 Å². The van der Waals surface area contributed by atoms with Gasteiger partial charge in [-0.15, -0.1) is 0 Å². The third-order valence-corrected chi connectivity index (χ3v) is 28.7. The van der Waals surface area contributed by atoms with Crippen LogP contribution in [-0.2, 0) is 10.8 Å². The van der Waals surface area contributed by atoms with E-state index in [0.29, 0.717) is 34.9 Å². The van der Waals surface area contributed by atoms with E-state index >= 15 is 0 Å². The summed E-state index contributed by atoms with van der Waals surface area (Å²) in [6.45, 7) is 4.70. The first-order valence-corrected chi connectivity index (χ1v) is 46.6.